The van der Waals surface area contributed by atoms with E-state index >= 15 is 0 Å². The van der Waals surface area contributed by atoms with Gasteiger partial charge in [-0.05, 0) is 37.7 Å². The highest BCUT2D eigenvalue weighted by molar-refractivity contribution is 6.30. The van der Waals surface area contributed by atoms with E-state index in [0.717, 1.165) is 36.4 Å². The van der Waals surface area contributed by atoms with E-state index in [1.54, 1.807) is 17.2 Å². The molecule has 0 radical (unpaired) electrons. The van der Waals surface area contributed by atoms with E-state index in [4.69, 9.17) is 25.6 Å². The Kier molecular flexibility index (Phi) is 7.47. The van der Waals surface area contributed by atoms with Crippen molar-refractivity contribution in [3.05, 3.63) is 65.3 Å². The van der Waals surface area contributed by atoms with Crippen LogP contribution in [-0.2, 0) is 6.54 Å². The fourth-order valence-electron chi connectivity index (χ4n) is 4.48. The highest BCUT2D eigenvalue weighted by atomic mass is 35.5. The van der Waals surface area contributed by atoms with E-state index in [1.165, 1.54) is 6.26 Å². The lowest BCUT2D eigenvalue weighted by molar-refractivity contribution is 0.0781. The van der Waals surface area contributed by atoms with Gasteiger partial charge in [0, 0.05) is 42.0 Å². The lowest BCUT2D eigenvalue weighted by Gasteiger charge is -2.17. The highest BCUT2D eigenvalue weighted by Gasteiger charge is 2.29. The molecule has 1 amide bonds. The number of carbonyl (C=O) groups excluding carboxylic acids is 1. The first kappa shape index (κ1) is 24.9. The van der Waals surface area contributed by atoms with Crippen LogP contribution < -0.4 is 5.32 Å². The number of hydrogen-bond acceptors (Lipinski definition) is 9. The van der Waals surface area contributed by atoms with Crippen LogP contribution in [0, 0.1) is 0 Å². The maximum atomic E-state index is 12.6. The van der Waals surface area contributed by atoms with Crippen LogP contribution in [0.1, 0.15) is 36.5 Å². The van der Waals surface area contributed by atoms with Crippen molar-refractivity contribution in [2.24, 2.45) is 0 Å². The molecule has 37 heavy (non-hydrogen) atoms. The SMILES string of the molecule is CCN(CC)Cc1onc(-c2cccc(Cl)c2)c1-c1ccnc(N[C@@H]2CCN(C(=O)c3ccon3)C2)n1. The minimum atomic E-state index is -0.149. The van der Waals surface area contributed by atoms with Gasteiger partial charge in [0.1, 0.15) is 12.0 Å². The molecule has 5 rings (SSSR count). The summed E-state index contributed by atoms with van der Waals surface area (Å²) in [6, 6.07) is 11.0. The summed E-state index contributed by atoms with van der Waals surface area (Å²) in [6.45, 7) is 7.72. The molecule has 4 heterocycles. The van der Waals surface area contributed by atoms with Crippen LogP contribution in [0.15, 0.2) is 57.9 Å². The van der Waals surface area contributed by atoms with Gasteiger partial charge in [-0.3, -0.25) is 9.69 Å². The van der Waals surface area contributed by atoms with Gasteiger partial charge in [0.2, 0.25) is 5.95 Å². The average Bonchev–Trinajstić information content (AvgIpc) is 3.68. The molecular formula is C26H28ClN7O3. The topological polar surface area (TPSA) is 113 Å². The number of nitrogens with one attached hydrogen (secondary N) is 1. The van der Waals surface area contributed by atoms with Crippen molar-refractivity contribution in [1.82, 2.24) is 30.1 Å². The third-order valence-electron chi connectivity index (χ3n) is 6.50. The summed E-state index contributed by atoms with van der Waals surface area (Å²) in [4.78, 5) is 25.9. The second-order valence-electron chi connectivity index (χ2n) is 8.83. The molecule has 3 aromatic heterocycles. The third-order valence-corrected chi connectivity index (χ3v) is 6.73. The highest BCUT2D eigenvalue weighted by Crippen LogP contribution is 2.35. The number of halogens is 1. The number of likely N-dealkylation sites (tertiary alicyclic amines) is 1. The zero-order valence-corrected chi connectivity index (χ0v) is 21.5. The van der Waals surface area contributed by atoms with Gasteiger partial charge in [-0.25, -0.2) is 9.97 Å². The lowest BCUT2D eigenvalue weighted by Crippen LogP contribution is -2.32. The quantitative estimate of drug-likeness (QED) is 0.337. The molecule has 0 bridgehead atoms. The Morgan fingerprint density at radius 3 is 2.84 bits per heavy atom. The van der Waals surface area contributed by atoms with E-state index in [0.29, 0.717) is 47.7 Å². The Balaban J connectivity index is 1.41. The second-order valence-corrected chi connectivity index (χ2v) is 9.27. The molecule has 1 aromatic carbocycles. The summed E-state index contributed by atoms with van der Waals surface area (Å²) in [7, 11) is 0. The summed E-state index contributed by atoms with van der Waals surface area (Å²) in [5.74, 6) is 1.06. The van der Waals surface area contributed by atoms with Crippen LogP contribution >= 0.6 is 11.6 Å². The molecule has 0 unspecified atom stereocenters. The summed E-state index contributed by atoms with van der Waals surface area (Å²) < 4.78 is 10.7. The van der Waals surface area contributed by atoms with E-state index < -0.39 is 0 Å². The van der Waals surface area contributed by atoms with Gasteiger partial charge in [-0.1, -0.05) is 47.9 Å². The molecule has 11 heteroatoms. The summed E-state index contributed by atoms with van der Waals surface area (Å²) >= 11 is 6.28. The molecule has 4 aromatic rings. The van der Waals surface area contributed by atoms with E-state index in [9.17, 15) is 4.79 Å². The fraction of sp³-hybridized carbons (Fsp3) is 0.346. The Bertz CT molecular complexity index is 1350. The van der Waals surface area contributed by atoms with Gasteiger partial charge in [-0.2, -0.15) is 0 Å². The summed E-state index contributed by atoms with van der Waals surface area (Å²) in [5.41, 5.74) is 3.35. The van der Waals surface area contributed by atoms with Crippen LogP contribution in [0.2, 0.25) is 5.02 Å². The number of amides is 1. The summed E-state index contributed by atoms with van der Waals surface area (Å²) in [5, 5.41) is 12.2. The molecule has 10 nitrogen and oxygen atoms in total. The van der Waals surface area contributed by atoms with Crippen LogP contribution in [0.3, 0.4) is 0 Å². The first-order valence-electron chi connectivity index (χ1n) is 12.3. The van der Waals surface area contributed by atoms with Crippen LogP contribution in [0.4, 0.5) is 5.95 Å². The van der Waals surface area contributed by atoms with Gasteiger partial charge in [0.25, 0.3) is 5.91 Å². The lowest BCUT2D eigenvalue weighted by atomic mass is 10.0. The average molecular weight is 522 g/mol. The number of hydrogen-bond donors (Lipinski definition) is 1. The van der Waals surface area contributed by atoms with Crippen molar-refractivity contribution in [2.75, 3.05) is 31.5 Å². The number of anilines is 1. The largest absolute Gasteiger partial charge is 0.364 e. The normalized spacial score (nSPS) is 15.5. The van der Waals surface area contributed by atoms with Gasteiger partial charge >= 0.3 is 0 Å². The molecule has 1 N–H and O–H groups in total. The Morgan fingerprint density at radius 1 is 1.22 bits per heavy atom. The molecule has 1 atom stereocenters. The summed E-state index contributed by atoms with van der Waals surface area (Å²) in [6.07, 6.45) is 3.88. The monoisotopic (exact) mass is 521 g/mol. The molecule has 1 saturated heterocycles. The molecule has 192 valence electrons. The minimum absolute atomic E-state index is 0.0103. The molecule has 1 aliphatic rings. The van der Waals surface area contributed by atoms with Gasteiger partial charge in [-0.15, -0.1) is 0 Å². The maximum Gasteiger partial charge on any atom is 0.276 e. The predicted molar refractivity (Wildman–Crippen MR) is 139 cm³/mol. The molecule has 0 spiro atoms. The van der Waals surface area contributed by atoms with Crippen molar-refractivity contribution >= 4 is 23.5 Å². The molecule has 1 fully saturated rings. The van der Waals surface area contributed by atoms with Crippen molar-refractivity contribution in [2.45, 2.75) is 32.9 Å². The predicted octanol–water partition coefficient (Wildman–Crippen LogP) is 4.61. The number of rotatable bonds is 9. The van der Waals surface area contributed by atoms with Crippen LogP contribution in [-0.4, -0.2) is 68.2 Å². The number of nitrogens with zero attached hydrogens (tertiary/aromatic N) is 6. The number of aromatic nitrogens is 4. The standard InChI is InChI=1S/C26H28ClN7O3/c1-3-33(4-2)16-22-23(24(32-37-22)17-6-5-7-18(27)14-17)20-8-11-28-26(30-20)29-19-9-12-34(15-19)25(35)21-10-13-36-31-21/h5-8,10-11,13-14,19H,3-4,9,12,15-16H2,1-2H3,(H,28,29,30)/t19-/m1/s1. The zero-order chi connectivity index (χ0) is 25.8. The van der Waals surface area contributed by atoms with Crippen molar-refractivity contribution < 1.29 is 13.8 Å². The van der Waals surface area contributed by atoms with E-state index in [-0.39, 0.29) is 11.9 Å². The molecule has 0 saturated carbocycles. The second kappa shape index (κ2) is 11.1. The number of carbonyl (C=O) groups is 1. The van der Waals surface area contributed by atoms with E-state index in [2.05, 4.69) is 39.4 Å². The van der Waals surface area contributed by atoms with Gasteiger partial charge in [0.05, 0.1) is 17.8 Å². The van der Waals surface area contributed by atoms with Gasteiger partial charge in [0.15, 0.2) is 11.5 Å². The smallest absolute Gasteiger partial charge is 0.276 e. The Morgan fingerprint density at radius 2 is 2.08 bits per heavy atom. The van der Waals surface area contributed by atoms with Crippen molar-refractivity contribution in [3.63, 3.8) is 0 Å². The van der Waals surface area contributed by atoms with E-state index in [1.807, 2.05) is 30.3 Å². The Hall–Kier alpha value is -3.76. The first-order valence-corrected chi connectivity index (χ1v) is 12.7. The maximum absolute atomic E-state index is 12.6. The van der Waals surface area contributed by atoms with Crippen LogP contribution in [0.5, 0.6) is 0 Å². The minimum Gasteiger partial charge on any atom is -0.364 e. The number of benzene rings is 1. The van der Waals surface area contributed by atoms with Gasteiger partial charge < -0.3 is 19.3 Å². The van der Waals surface area contributed by atoms with Crippen molar-refractivity contribution in [3.8, 4) is 22.5 Å². The first-order chi connectivity index (χ1) is 18.1. The molecule has 1 aliphatic heterocycles. The molecule has 0 aliphatic carbocycles. The van der Waals surface area contributed by atoms with Crippen LogP contribution in [0.25, 0.3) is 22.5 Å². The van der Waals surface area contributed by atoms with Crippen molar-refractivity contribution in [1.29, 1.82) is 0 Å². The zero-order valence-electron chi connectivity index (χ0n) is 20.7. The fourth-order valence-corrected chi connectivity index (χ4v) is 4.67. The Labute approximate surface area is 219 Å². The third kappa shape index (κ3) is 5.50. The molecular weight excluding hydrogens is 494 g/mol.